The fourth-order valence-electron chi connectivity index (χ4n) is 6.81. The summed E-state index contributed by atoms with van der Waals surface area (Å²) in [5.41, 5.74) is 11.3. The molecule has 2 aliphatic rings. The summed E-state index contributed by atoms with van der Waals surface area (Å²) in [6, 6.07) is 13.8. The van der Waals surface area contributed by atoms with Crippen molar-refractivity contribution in [2.75, 3.05) is 33.8 Å². The second-order valence-electron chi connectivity index (χ2n) is 13.0. The summed E-state index contributed by atoms with van der Waals surface area (Å²) >= 11 is 0. The Balaban J connectivity index is 1.31. The summed E-state index contributed by atoms with van der Waals surface area (Å²) in [5, 5.41) is 20.6. The van der Waals surface area contributed by atoms with E-state index in [4.69, 9.17) is 10.5 Å². The maximum atomic E-state index is 12.8. The van der Waals surface area contributed by atoms with Crippen LogP contribution in [0.1, 0.15) is 74.5 Å². The van der Waals surface area contributed by atoms with E-state index in [1.165, 1.54) is 38.0 Å². The number of methoxy groups -OCH3 is 1. The number of hydrogen-bond acceptors (Lipinski definition) is 8. The van der Waals surface area contributed by atoms with E-state index in [-0.39, 0.29) is 29.9 Å². The molecule has 8 heteroatoms. The minimum absolute atomic E-state index is 0.0174. The fraction of sp³-hybridized carbons (Fsp3) is 0.487. The molecule has 0 bridgehead atoms. The lowest BCUT2D eigenvalue weighted by molar-refractivity contribution is -0.124. The van der Waals surface area contributed by atoms with Crippen LogP contribution in [0.5, 0.6) is 11.5 Å². The third kappa shape index (κ3) is 11.8. The Bertz CT molecular complexity index is 1400. The van der Waals surface area contributed by atoms with Crippen molar-refractivity contribution < 1.29 is 19.4 Å². The smallest absolute Gasteiger partial charge is 0.163 e. The summed E-state index contributed by atoms with van der Waals surface area (Å²) in [7, 11) is 3.53. The standard InChI is InChI=1S/C39H54N4O4/c1-41-26-32(29-17-19-42-20-18-29)11-7-4-8-12-35(44)25-36(45)16-15-30-23-38(47-2)37(46)22-33(30)21-34-27-43-39(40)24-31(34)14-13-28-9-5-3-6-10-28/h3,5-6,9-10,15-16,22-24,27,29,32,39,41-43,46H,4,7-8,11-14,17-21,25-26,40H2,1-2H3. The third-order valence-electron chi connectivity index (χ3n) is 9.46. The van der Waals surface area contributed by atoms with Crippen molar-refractivity contribution in [3.05, 3.63) is 88.7 Å². The average Bonchev–Trinajstić information content (AvgIpc) is 3.08. The molecule has 2 aliphatic heterocycles. The maximum absolute atomic E-state index is 12.8. The van der Waals surface area contributed by atoms with E-state index >= 15 is 0 Å². The van der Waals surface area contributed by atoms with E-state index in [9.17, 15) is 14.7 Å². The lowest BCUT2D eigenvalue weighted by Gasteiger charge is -2.30. The molecule has 4 rings (SSSR count). The van der Waals surface area contributed by atoms with Gasteiger partial charge >= 0.3 is 0 Å². The van der Waals surface area contributed by atoms with Gasteiger partial charge < -0.3 is 31.5 Å². The first-order chi connectivity index (χ1) is 22.9. The number of aryl methyl sites for hydroxylation is 1. The number of rotatable bonds is 19. The third-order valence-corrected chi connectivity index (χ3v) is 9.46. The monoisotopic (exact) mass is 642 g/mol. The van der Waals surface area contributed by atoms with Crippen LogP contribution >= 0.6 is 0 Å². The molecule has 0 aliphatic carbocycles. The number of hydrogen-bond donors (Lipinski definition) is 5. The molecule has 0 radical (unpaired) electrons. The number of phenolic OH excluding ortho intramolecular Hbond substituents is 1. The number of phenols is 1. The van der Waals surface area contributed by atoms with Gasteiger partial charge in [0.15, 0.2) is 17.3 Å². The van der Waals surface area contributed by atoms with Crippen molar-refractivity contribution in [2.45, 2.75) is 76.8 Å². The van der Waals surface area contributed by atoms with Gasteiger partial charge in [0.25, 0.3) is 0 Å². The number of aromatic hydroxyl groups is 1. The molecule has 2 unspecified atom stereocenters. The zero-order chi connectivity index (χ0) is 33.4. The van der Waals surface area contributed by atoms with E-state index in [0.29, 0.717) is 24.5 Å². The highest BCUT2D eigenvalue weighted by Crippen LogP contribution is 2.33. The molecule has 6 N–H and O–H groups in total. The first kappa shape index (κ1) is 36.1. The largest absolute Gasteiger partial charge is 0.504 e. The molecule has 254 valence electrons. The molecular weight excluding hydrogens is 588 g/mol. The summed E-state index contributed by atoms with van der Waals surface area (Å²) in [6.45, 7) is 3.27. The first-order valence-corrected chi connectivity index (χ1v) is 17.3. The zero-order valence-electron chi connectivity index (χ0n) is 28.2. The van der Waals surface area contributed by atoms with Crippen LogP contribution in [0.15, 0.2) is 72.0 Å². The molecule has 0 spiro atoms. The molecule has 47 heavy (non-hydrogen) atoms. The van der Waals surface area contributed by atoms with Crippen LogP contribution in [0.2, 0.25) is 0 Å². The molecule has 2 atom stereocenters. The predicted molar refractivity (Wildman–Crippen MR) is 190 cm³/mol. The minimum Gasteiger partial charge on any atom is -0.504 e. The molecule has 1 saturated heterocycles. The lowest BCUT2D eigenvalue weighted by Crippen LogP contribution is -2.35. The highest BCUT2D eigenvalue weighted by molar-refractivity contribution is 6.06. The Hall–Kier alpha value is -3.72. The number of nitrogens with two attached hydrogens (primary N) is 1. The van der Waals surface area contributed by atoms with E-state index in [1.54, 1.807) is 18.2 Å². The van der Waals surface area contributed by atoms with Gasteiger partial charge in [-0.2, -0.15) is 0 Å². The molecule has 8 nitrogen and oxygen atoms in total. The number of benzene rings is 2. The number of carbonyl (C=O) groups excluding carboxylic acids is 2. The molecule has 2 aromatic carbocycles. The number of piperidine rings is 1. The highest BCUT2D eigenvalue weighted by atomic mass is 16.5. The molecule has 0 saturated carbocycles. The van der Waals surface area contributed by atoms with Gasteiger partial charge in [-0.15, -0.1) is 0 Å². The van der Waals surface area contributed by atoms with Gasteiger partial charge in [0.1, 0.15) is 5.78 Å². The molecule has 1 fully saturated rings. The van der Waals surface area contributed by atoms with Crippen molar-refractivity contribution in [3.8, 4) is 11.5 Å². The van der Waals surface area contributed by atoms with Crippen LogP contribution < -0.4 is 26.4 Å². The first-order valence-electron chi connectivity index (χ1n) is 17.3. The predicted octanol–water partition coefficient (Wildman–Crippen LogP) is 5.60. The van der Waals surface area contributed by atoms with Crippen LogP contribution in [0.25, 0.3) is 6.08 Å². The molecule has 0 amide bonds. The highest BCUT2D eigenvalue weighted by Gasteiger charge is 2.22. The molecular formula is C39H54N4O4. The van der Waals surface area contributed by atoms with E-state index in [2.05, 4.69) is 28.1 Å². The van der Waals surface area contributed by atoms with Gasteiger partial charge in [0.2, 0.25) is 0 Å². The Kier molecular flexibility index (Phi) is 14.7. The van der Waals surface area contributed by atoms with Crippen LogP contribution in [0.4, 0.5) is 0 Å². The molecule has 2 aromatic rings. The number of carbonyl (C=O) groups is 2. The maximum Gasteiger partial charge on any atom is 0.163 e. The quantitative estimate of drug-likeness (QED) is 0.0762. The number of ether oxygens (including phenoxy) is 1. The van der Waals surface area contributed by atoms with Gasteiger partial charge in [-0.05, 0) is 136 Å². The number of dihydropyridines is 1. The Morgan fingerprint density at radius 1 is 1.09 bits per heavy atom. The summed E-state index contributed by atoms with van der Waals surface area (Å²) in [6.07, 6.45) is 16.1. The van der Waals surface area contributed by atoms with Crippen molar-refractivity contribution in [2.24, 2.45) is 17.6 Å². The summed E-state index contributed by atoms with van der Waals surface area (Å²) < 4.78 is 5.37. The van der Waals surface area contributed by atoms with Gasteiger partial charge in [-0.1, -0.05) is 49.2 Å². The number of unbranched alkanes of at least 4 members (excludes halogenated alkanes) is 2. The lowest BCUT2D eigenvalue weighted by atomic mass is 9.81. The van der Waals surface area contributed by atoms with Crippen molar-refractivity contribution >= 4 is 17.6 Å². The van der Waals surface area contributed by atoms with Crippen molar-refractivity contribution in [1.82, 2.24) is 16.0 Å². The van der Waals surface area contributed by atoms with Gasteiger partial charge in [0.05, 0.1) is 19.7 Å². The zero-order valence-corrected chi connectivity index (χ0v) is 28.2. The normalized spacial score (nSPS) is 17.6. The van der Waals surface area contributed by atoms with Crippen molar-refractivity contribution in [3.63, 3.8) is 0 Å². The van der Waals surface area contributed by atoms with E-state index < -0.39 is 0 Å². The van der Waals surface area contributed by atoms with Crippen LogP contribution in [0.3, 0.4) is 0 Å². The molecule has 0 aromatic heterocycles. The fourth-order valence-corrected chi connectivity index (χ4v) is 6.81. The topological polar surface area (TPSA) is 126 Å². The Morgan fingerprint density at radius 2 is 1.87 bits per heavy atom. The summed E-state index contributed by atoms with van der Waals surface area (Å²) in [4.78, 5) is 25.5. The Labute approximate surface area is 280 Å². The van der Waals surface area contributed by atoms with E-state index in [0.717, 1.165) is 79.9 Å². The van der Waals surface area contributed by atoms with Crippen LogP contribution in [-0.4, -0.2) is 56.6 Å². The van der Waals surface area contributed by atoms with Gasteiger partial charge in [-0.3, -0.25) is 9.59 Å². The van der Waals surface area contributed by atoms with E-state index in [1.807, 2.05) is 37.5 Å². The number of allylic oxidation sites excluding steroid dienone is 3. The van der Waals surface area contributed by atoms with Gasteiger partial charge in [0, 0.05) is 12.6 Å². The number of nitrogens with one attached hydrogen (secondary N) is 3. The number of ketones is 2. The second kappa shape index (κ2) is 19.2. The average molecular weight is 643 g/mol. The number of Topliss-reactive ketones (excluding diaryl/α,β-unsaturated/α-hetero) is 1. The Morgan fingerprint density at radius 3 is 2.62 bits per heavy atom. The van der Waals surface area contributed by atoms with Crippen LogP contribution in [-0.2, 0) is 22.4 Å². The van der Waals surface area contributed by atoms with Crippen molar-refractivity contribution in [1.29, 1.82) is 0 Å². The second-order valence-corrected chi connectivity index (χ2v) is 13.0. The molecule has 2 heterocycles. The minimum atomic E-state index is -0.266. The summed E-state index contributed by atoms with van der Waals surface area (Å²) in [5.74, 6) is 1.58. The SMILES string of the molecule is CNCC(CCCCCC(=O)CC(=O)C=Cc1cc(OC)c(O)cc1CC1=CNC(N)C=C1CCc1ccccc1)C1CCNCC1. The van der Waals surface area contributed by atoms with Crippen LogP contribution in [0, 0.1) is 11.8 Å². The van der Waals surface area contributed by atoms with Gasteiger partial charge in [-0.25, -0.2) is 0 Å².